The lowest BCUT2D eigenvalue weighted by atomic mass is 10.1. The fourth-order valence-electron chi connectivity index (χ4n) is 2.48. The summed E-state index contributed by atoms with van der Waals surface area (Å²) >= 11 is 5.93. The van der Waals surface area contributed by atoms with Gasteiger partial charge in [0, 0.05) is 17.1 Å². The molecule has 2 aromatic carbocycles. The molecule has 0 fully saturated rings. The van der Waals surface area contributed by atoms with Gasteiger partial charge in [-0.05, 0) is 48.7 Å². The molecule has 2 amide bonds. The average Bonchev–Trinajstić information content (AvgIpc) is 2.67. The third-order valence-corrected chi connectivity index (χ3v) is 4.24. The molecule has 0 aliphatic carbocycles. The number of carbonyl (C=O) groups is 2. The Morgan fingerprint density at radius 2 is 1.74 bits per heavy atom. The Kier molecular flexibility index (Phi) is 7.49. The fourth-order valence-corrected chi connectivity index (χ4v) is 2.66. The first kappa shape index (κ1) is 20.6. The summed E-state index contributed by atoms with van der Waals surface area (Å²) in [4.78, 5) is 24.0. The number of nitrogens with one attached hydrogen (secondary N) is 2. The van der Waals surface area contributed by atoms with Gasteiger partial charge in [0.15, 0.2) is 11.5 Å². The van der Waals surface area contributed by atoms with Crippen LogP contribution in [0.4, 0.5) is 5.69 Å². The number of anilines is 1. The van der Waals surface area contributed by atoms with E-state index < -0.39 is 0 Å². The Morgan fingerprint density at radius 3 is 2.44 bits per heavy atom. The molecule has 0 aromatic heterocycles. The first-order valence-corrected chi connectivity index (χ1v) is 8.84. The van der Waals surface area contributed by atoms with Gasteiger partial charge in [0.2, 0.25) is 11.8 Å². The smallest absolute Gasteiger partial charge is 0.243 e. The maximum Gasteiger partial charge on any atom is 0.243 e. The second-order valence-corrected chi connectivity index (χ2v) is 6.41. The topological polar surface area (TPSA) is 76.7 Å². The number of carbonyl (C=O) groups excluding carboxylic acids is 2. The number of aryl methyl sites for hydroxylation is 2. The summed E-state index contributed by atoms with van der Waals surface area (Å²) in [5.74, 6) is 0.743. The number of benzene rings is 2. The number of methoxy groups -OCH3 is 2. The normalized spacial score (nSPS) is 10.2. The first-order valence-electron chi connectivity index (χ1n) is 8.46. The lowest BCUT2D eigenvalue weighted by molar-refractivity contribution is -0.124. The minimum absolute atomic E-state index is 0.100. The lowest BCUT2D eigenvalue weighted by Crippen LogP contribution is -2.33. The van der Waals surface area contributed by atoms with Crippen LogP contribution < -0.4 is 20.1 Å². The molecule has 0 saturated carbocycles. The Hall–Kier alpha value is -2.73. The van der Waals surface area contributed by atoms with Gasteiger partial charge in [-0.25, -0.2) is 0 Å². The van der Waals surface area contributed by atoms with E-state index >= 15 is 0 Å². The van der Waals surface area contributed by atoms with Crippen molar-refractivity contribution in [1.82, 2.24) is 5.32 Å². The summed E-state index contributed by atoms with van der Waals surface area (Å²) < 4.78 is 10.4. The Labute approximate surface area is 163 Å². The van der Waals surface area contributed by atoms with Crippen molar-refractivity contribution in [3.8, 4) is 11.5 Å². The fraction of sp³-hybridized carbons (Fsp3) is 0.300. The SMILES string of the molecule is COc1ccc(CCC(=O)NCC(=O)Nc2cc(Cl)ccc2C)cc1OC. The summed E-state index contributed by atoms with van der Waals surface area (Å²) in [6, 6.07) is 10.8. The van der Waals surface area contributed by atoms with Gasteiger partial charge in [-0.15, -0.1) is 0 Å². The Balaban J connectivity index is 1.80. The van der Waals surface area contributed by atoms with E-state index in [2.05, 4.69) is 10.6 Å². The van der Waals surface area contributed by atoms with Crippen molar-refractivity contribution in [1.29, 1.82) is 0 Å². The quantitative estimate of drug-likeness (QED) is 0.724. The van der Waals surface area contributed by atoms with E-state index in [0.29, 0.717) is 28.6 Å². The Morgan fingerprint density at radius 1 is 1.00 bits per heavy atom. The standard InChI is InChI=1S/C20H23ClN2O4/c1-13-4-7-15(21)11-16(13)23-20(25)12-22-19(24)9-6-14-5-8-17(26-2)18(10-14)27-3/h4-5,7-8,10-11H,6,9,12H2,1-3H3,(H,22,24)(H,23,25). The van der Waals surface area contributed by atoms with Crippen LogP contribution in [0.15, 0.2) is 36.4 Å². The van der Waals surface area contributed by atoms with Crippen molar-refractivity contribution in [2.45, 2.75) is 19.8 Å². The average molecular weight is 391 g/mol. The van der Waals surface area contributed by atoms with Crippen LogP contribution in [0.3, 0.4) is 0 Å². The molecule has 2 aromatic rings. The molecule has 0 heterocycles. The van der Waals surface area contributed by atoms with Crippen LogP contribution in [0, 0.1) is 6.92 Å². The molecular weight excluding hydrogens is 368 g/mol. The van der Waals surface area contributed by atoms with E-state index in [0.717, 1.165) is 11.1 Å². The van der Waals surface area contributed by atoms with Gasteiger partial charge >= 0.3 is 0 Å². The van der Waals surface area contributed by atoms with Gasteiger partial charge in [0.1, 0.15) is 0 Å². The van der Waals surface area contributed by atoms with E-state index in [9.17, 15) is 9.59 Å². The van der Waals surface area contributed by atoms with E-state index in [1.165, 1.54) is 0 Å². The van der Waals surface area contributed by atoms with Crippen LogP contribution in [0.1, 0.15) is 17.5 Å². The number of hydrogen-bond acceptors (Lipinski definition) is 4. The van der Waals surface area contributed by atoms with Crippen molar-refractivity contribution >= 4 is 29.1 Å². The third-order valence-electron chi connectivity index (χ3n) is 4.01. The molecule has 0 spiro atoms. The molecule has 27 heavy (non-hydrogen) atoms. The van der Waals surface area contributed by atoms with Crippen molar-refractivity contribution in [3.63, 3.8) is 0 Å². The molecule has 2 N–H and O–H groups in total. The van der Waals surface area contributed by atoms with Gasteiger partial charge in [-0.2, -0.15) is 0 Å². The molecule has 2 rings (SSSR count). The van der Waals surface area contributed by atoms with Gasteiger partial charge < -0.3 is 20.1 Å². The maximum atomic E-state index is 12.0. The molecule has 0 unspecified atom stereocenters. The predicted octanol–water partition coefficient (Wildman–Crippen LogP) is 3.35. The number of rotatable bonds is 8. The van der Waals surface area contributed by atoms with Gasteiger partial charge in [0.25, 0.3) is 0 Å². The first-order chi connectivity index (χ1) is 12.9. The number of amides is 2. The second kappa shape index (κ2) is 9.83. The number of hydrogen-bond donors (Lipinski definition) is 2. The third kappa shape index (κ3) is 6.18. The molecule has 0 bridgehead atoms. The molecule has 7 heteroatoms. The molecule has 144 valence electrons. The zero-order valence-electron chi connectivity index (χ0n) is 15.6. The molecule has 0 saturated heterocycles. The van der Waals surface area contributed by atoms with Crippen molar-refractivity contribution in [3.05, 3.63) is 52.5 Å². The van der Waals surface area contributed by atoms with Crippen LogP contribution in [0.5, 0.6) is 11.5 Å². The van der Waals surface area contributed by atoms with Crippen LogP contribution >= 0.6 is 11.6 Å². The highest BCUT2D eigenvalue weighted by Gasteiger charge is 2.10. The van der Waals surface area contributed by atoms with Crippen molar-refractivity contribution < 1.29 is 19.1 Å². The van der Waals surface area contributed by atoms with Gasteiger partial charge in [-0.3, -0.25) is 9.59 Å². The summed E-state index contributed by atoms with van der Waals surface area (Å²) in [7, 11) is 3.13. The van der Waals surface area contributed by atoms with Crippen LogP contribution in [-0.4, -0.2) is 32.6 Å². The van der Waals surface area contributed by atoms with Crippen molar-refractivity contribution in [2.24, 2.45) is 0 Å². The van der Waals surface area contributed by atoms with E-state index in [1.807, 2.05) is 25.1 Å². The van der Waals surface area contributed by atoms with Crippen LogP contribution in [0.2, 0.25) is 5.02 Å². The van der Waals surface area contributed by atoms with E-state index in [1.54, 1.807) is 32.4 Å². The van der Waals surface area contributed by atoms with E-state index in [-0.39, 0.29) is 24.8 Å². The van der Waals surface area contributed by atoms with Crippen LogP contribution in [0.25, 0.3) is 0 Å². The van der Waals surface area contributed by atoms with Gasteiger partial charge in [-0.1, -0.05) is 23.7 Å². The molecule has 0 atom stereocenters. The highest BCUT2D eigenvalue weighted by molar-refractivity contribution is 6.31. The highest BCUT2D eigenvalue weighted by Crippen LogP contribution is 2.27. The molecular formula is C20H23ClN2O4. The molecule has 0 aliphatic rings. The minimum Gasteiger partial charge on any atom is -0.493 e. The van der Waals surface area contributed by atoms with Crippen molar-refractivity contribution in [2.75, 3.05) is 26.1 Å². The zero-order chi connectivity index (χ0) is 19.8. The molecule has 0 aliphatic heterocycles. The minimum atomic E-state index is -0.306. The Bertz CT molecular complexity index is 824. The largest absolute Gasteiger partial charge is 0.493 e. The molecule has 0 radical (unpaired) electrons. The summed E-state index contributed by atoms with van der Waals surface area (Å²) in [5.41, 5.74) is 2.47. The predicted molar refractivity (Wildman–Crippen MR) is 106 cm³/mol. The second-order valence-electron chi connectivity index (χ2n) is 5.97. The number of halogens is 1. The summed E-state index contributed by atoms with van der Waals surface area (Å²) in [6.45, 7) is 1.77. The van der Waals surface area contributed by atoms with E-state index in [4.69, 9.17) is 21.1 Å². The lowest BCUT2D eigenvalue weighted by Gasteiger charge is -2.11. The highest BCUT2D eigenvalue weighted by atomic mass is 35.5. The summed E-state index contributed by atoms with van der Waals surface area (Å²) in [5, 5.41) is 5.89. The zero-order valence-corrected chi connectivity index (χ0v) is 16.4. The number of ether oxygens (including phenoxy) is 2. The monoisotopic (exact) mass is 390 g/mol. The summed E-state index contributed by atoms with van der Waals surface area (Å²) in [6.07, 6.45) is 0.792. The van der Waals surface area contributed by atoms with Gasteiger partial charge in [0.05, 0.1) is 20.8 Å². The maximum absolute atomic E-state index is 12.0. The van der Waals surface area contributed by atoms with Crippen LogP contribution in [-0.2, 0) is 16.0 Å². The molecule has 6 nitrogen and oxygen atoms in total.